The summed E-state index contributed by atoms with van der Waals surface area (Å²) in [5.41, 5.74) is 0.709. The van der Waals surface area contributed by atoms with E-state index in [1.165, 1.54) is 12.0 Å². The van der Waals surface area contributed by atoms with Crippen molar-refractivity contribution in [2.45, 2.75) is 19.9 Å². The largest absolute Gasteiger partial charge is 0.493 e. The van der Waals surface area contributed by atoms with Crippen molar-refractivity contribution in [3.63, 3.8) is 0 Å². The molecule has 1 aromatic carbocycles. The Labute approximate surface area is 138 Å². The fourth-order valence-corrected chi connectivity index (χ4v) is 3.04. The molecule has 1 fully saturated rings. The molecular weight excluding hydrogens is 316 g/mol. The normalized spacial score (nSPS) is 16.1. The summed E-state index contributed by atoms with van der Waals surface area (Å²) in [5.74, 6) is 0.609. The van der Waals surface area contributed by atoms with Crippen LogP contribution in [0.15, 0.2) is 23.1 Å². The van der Waals surface area contributed by atoms with Gasteiger partial charge in [-0.25, -0.2) is 0 Å². The van der Waals surface area contributed by atoms with E-state index in [4.69, 9.17) is 14.7 Å². The van der Waals surface area contributed by atoms with Crippen LogP contribution in [0.25, 0.3) is 6.08 Å². The number of hydrogen-bond acceptors (Lipinski definition) is 6. The molecule has 2 rings (SSSR count). The zero-order valence-electron chi connectivity index (χ0n) is 13.0. The van der Waals surface area contributed by atoms with Gasteiger partial charge in [-0.15, -0.1) is 0 Å². The maximum absolute atomic E-state index is 12.2. The molecule has 1 aromatic rings. The molecule has 0 aliphatic carbocycles. The van der Waals surface area contributed by atoms with Gasteiger partial charge in [0.2, 0.25) is 0 Å². The van der Waals surface area contributed by atoms with Gasteiger partial charge < -0.3 is 9.47 Å². The van der Waals surface area contributed by atoms with Gasteiger partial charge in [0, 0.05) is 6.04 Å². The summed E-state index contributed by atoms with van der Waals surface area (Å²) in [7, 11) is 1.49. The molecule has 1 aliphatic rings. The molecule has 7 heteroatoms. The Morgan fingerprint density at radius 3 is 2.65 bits per heavy atom. The van der Waals surface area contributed by atoms with Crippen LogP contribution in [0.4, 0.5) is 4.79 Å². The number of rotatable bonds is 5. The monoisotopic (exact) mass is 332 g/mol. The predicted octanol–water partition coefficient (Wildman–Crippen LogP) is 3.04. The third-order valence-corrected chi connectivity index (χ3v) is 4.00. The molecule has 0 saturated carbocycles. The number of amides is 2. The van der Waals surface area contributed by atoms with Gasteiger partial charge in [-0.1, -0.05) is 6.07 Å². The fourth-order valence-electron chi connectivity index (χ4n) is 2.08. The molecule has 0 unspecified atom stereocenters. The number of carbonyl (C=O) groups excluding carboxylic acids is 2. The van der Waals surface area contributed by atoms with Crippen LogP contribution in [0.1, 0.15) is 19.4 Å². The molecule has 2 amide bonds. The smallest absolute Gasteiger partial charge is 0.293 e. The highest BCUT2D eigenvalue weighted by molar-refractivity contribution is 8.18. The van der Waals surface area contributed by atoms with Gasteiger partial charge in [-0.2, -0.15) is 5.26 Å². The summed E-state index contributed by atoms with van der Waals surface area (Å²) < 4.78 is 10.5. The number of methoxy groups -OCH3 is 1. The van der Waals surface area contributed by atoms with E-state index >= 15 is 0 Å². The van der Waals surface area contributed by atoms with Crippen LogP contribution in [-0.4, -0.2) is 35.8 Å². The van der Waals surface area contributed by atoms with E-state index in [0.717, 1.165) is 11.8 Å². The number of hydrogen-bond donors (Lipinski definition) is 0. The van der Waals surface area contributed by atoms with Crippen molar-refractivity contribution in [1.82, 2.24) is 4.90 Å². The van der Waals surface area contributed by atoms with Gasteiger partial charge >= 0.3 is 0 Å². The van der Waals surface area contributed by atoms with Crippen molar-refractivity contribution in [3.8, 4) is 17.6 Å². The van der Waals surface area contributed by atoms with Gasteiger partial charge in [0.15, 0.2) is 18.1 Å². The van der Waals surface area contributed by atoms with Crippen molar-refractivity contribution in [3.05, 3.63) is 28.7 Å². The van der Waals surface area contributed by atoms with Gasteiger partial charge in [0.25, 0.3) is 11.1 Å². The van der Waals surface area contributed by atoms with E-state index in [2.05, 4.69) is 0 Å². The second kappa shape index (κ2) is 7.20. The summed E-state index contributed by atoms with van der Waals surface area (Å²) in [5, 5.41) is 8.29. The highest BCUT2D eigenvalue weighted by atomic mass is 32.2. The Morgan fingerprint density at radius 2 is 2.09 bits per heavy atom. The van der Waals surface area contributed by atoms with E-state index in [1.807, 2.05) is 6.07 Å². The number of imide groups is 1. The Morgan fingerprint density at radius 1 is 1.35 bits per heavy atom. The number of benzene rings is 1. The Bertz CT molecular complexity index is 707. The molecule has 1 saturated heterocycles. The summed E-state index contributed by atoms with van der Waals surface area (Å²) >= 11 is 0.920. The third kappa shape index (κ3) is 3.66. The molecule has 0 spiro atoms. The average molecular weight is 332 g/mol. The quantitative estimate of drug-likeness (QED) is 0.771. The Balaban J connectivity index is 2.28. The molecule has 0 aromatic heterocycles. The van der Waals surface area contributed by atoms with Crippen molar-refractivity contribution >= 4 is 29.0 Å². The minimum Gasteiger partial charge on any atom is -0.493 e. The SMILES string of the molecule is COc1cc(C=C2SC(=O)N(C(C)C)C2=O)ccc1OCC#N. The first-order valence-corrected chi connectivity index (χ1v) is 7.74. The van der Waals surface area contributed by atoms with E-state index in [9.17, 15) is 9.59 Å². The van der Waals surface area contributed by atoms with Crippen LogP contribution in [0.3, 0.4) is 0 Å². The van der Waals surface area contributed by atoms with Crippen molar-refractivity contribution in [2.24, 2.45) is 0 Å². The van der Waals surface area contributed by atoms with E-state index in [1.54, 1.807) is 38.1 Å². The molecule has 1 heterocycles. The van der Waals surface area contributed by atoms with Crippen LogP contribution in [0.5, 0.6) is 11.5 Å². The van der Waals surface area contributed by atoms with Crippen molar-refractivity contribution in [1.29, 1.82) is 5.26 Å². The average Bonchev–Trinajstić information content (AvgIpc) is 2.79. The second-order valence-corrected chi connectivity index (χ2v) is 6.00. The lowest BCUT2D eigenvalue weighted by molar-refractivity contribution is -0.123. The third-order valence-electron chi connectivity index (χ3n) is 3.12. The maximum Gasteiger partial charge on any atom is 0.293 e. The first kappa shape index (κ1) is 16.9. The first-order chi connectivity index (χ1) is 11.0. The lowest BCUT2D eigenvalue weighted by Gasteiger charge is -2.16. The molecule has 6 nitrogen and oxygen atoms in total. The maximum atomic E-state index is 12.2. The summed E-state index contributed by atoms with van der Waals surface area (Å²) in [6.07, 6.45) is 1.64. The van der Waals surface area contributed by atoms with Crippen LogP contribution >= 0.6 is 11.8 Å². The highest BCUT2D eigenvalue weighted by Gasteiger charge is 2.36. The molecule has 1 aliphatic heterocycles. The highest BCUT2D eigenvalue weighted by Crippen LogP contribution is 2.35. The number of nitriles is 1. The second-order valence-electron chi connectivity index (χ2n) is 5.00. The molecule has 0 N–H and O–H groups in total. The standard InChI is InChI=1S/C16H16N2O4S/c1-10(2)18-15(19)14(23-16(18)20)9-11-4-5-12(22-7-6-17)13(8-11)21-3/h4-5,8-10H,7H2,1-3H3. The number of ether oxygens (including phenoxy) is 2. The minimum atomic E-state index is -0.293. The van der Waals surface area contributed by atoms with Crippen molar-refractivity contribution in [2.75, 3.05) is 13.7 Å². The van der Waals surface area contributed by atoms with E-state index in [0.29, 0.717) is 22.0 Å². The summed E-state index contributed by atoms with van der Waals surface area (Å²) in [4.78, 5) is 25.7. The van der Waals surface area contributed by atoms with Crippen LogP contribution < -0.4 is 9.47 Å². The lowest BCUT2D eigenvalue weighted by atomic mass is 10.2. The van der Waals surface area contributed by atoms with Crippen molar-refractivity contribution < 1.29 is 19.1 Å². The van der Waals surface area contributed by atoms with E-state index < -0.39 is 0 Å². The fraction of sp³-hybridized carbons (Fsp3) is 0.312. The predicted molar refractivity (Wildman–Crippen MR) is 87.0 cm³/mol. The van der Waals surface area contributed by atoms with Gasteiger partial charge in [-0.05, 0) is 49.4 Å². The molecule has 0 bridgehead atoms. The topological polar surface area (TPSA) is 79.6 Å². The molecule has 0 atom stereocenters. The Kier molecular flexibility index (Phi) is 5.29. The van der Waals surface area contributed by atoms with Crippen LogP contribution in [0, 0.1) is 11.3 Å². The zero-order chi connectivity index (χ0) is 17.0. The Hall–Kier alpha value is -2.46. The van der Waals surface area contributed by atoms with Gasteiger partial charge in [-0.3, -0.25) is 14.5 Å². The number of carbonyl (C=O) groups is 2. The van der Waals surface area contributed by atoms with E-state index in [-0.39, 0.29) is 23.8 Å². The number of thioether (sulfide) groups is 1. The van der Waals surface area contributed by atoms with Crippen LogP contribution in [-0.2, 0) is 4.79 Å². The van der Waals surface area contributed by atoms with Gasteiger partial charge in [0.1, 0.15) is 6.07 Å². The molecule has 0 radical (unpaired) electrons. The summed E-state index contributed by atoms with van der Waals surface area (Å²) in [6.45, 7) is 3.51. The molecule has 120 valence electrons. The van der Waals surface area contributed by atoms with Gasteiger partial charge in [0.05, 0.1) is 12.0 Å². The molecular formula is C16H16N2O4S. The first-order valence-electron chi connectivity index (χ1n) is 6.92. The van der Waals surface area contributed by atoms with Crippen LogP contribution in [0.2, 0.25) is 0 Å². The zero-order valence-corrected chi connectivity index (χ0v) is 13.8. The minimum absolute atomic E-state index is 0.0804. The lowest BCUT2D eigenvalue weighted by Crippen LogP contribution is -2.34. The number of nitrogens with zero attached hydrogens (tertiary/aromatic N) is 2. The summed E-state index contributed by atoms with van der Waals surface area (Å²) in [6, 6.07) is 6.80. The molecule has 23 heavy (non-hydrogen) atoms.